The molecule has 6 nitrogen and oxygen atoms in total. The van der Waals surface area contributed by atoms with E-state index in [1.807, 2.05) is 12.1 Å². The van der Waals surface area contributed by atoms with Crippen molar-refractivity contribution in [2.24, 2.45) is 4.99 Å². The molecule has 2 heterocycles. The zero-order valence-electron chi connectivity index (χ0n) is 16.1. The molecule has 2 N–H and O–H groups in total. The average molecular weight is 370 g/mol. The second kappa shape index (κ2) is 10.6. The van der Waals surface area contributed by atoms with Gasteiger partial charge in [0, 0.05) is 44.5 Å². The van der Waals surface area contributed by atoms with Gasteiger partial charge >= 0.3 is 0 Å². The number of para-hydroxylation sites is 1. The summed E-state index contributed by atoms with van der Waals surface area (Å²) < 4.78 is 10.9. The highest BCUT2D eigenvalue weighted by molar-refractivity contribution is 5.80. The molecular weight excluding hydrogens is 340 g/mol. The number of anilines is 1. The largest absolute Gasteiger partial charge is 0.467 e. The summed E-state index contributed by atoms with van der Waals surface area (Å²) in [4.78, 5) is 7.10. The third-order valence-electron chi connectivity index (χ3n) is 4.54. The Morgan fingerprint density at radius 3 is 2.93 bits per heavy atom. The molecular formula is C21H30N4O2. The van der Waals surface area contributed by atoms with Crippen LogP contribution in [0.3, 0.4) is 0 Å². The zero-order valence-corrected chi connectivity index (χ0v) is 16.1. The fourth-order valence-corrected chi connectivity index (χ4v) is 3.19. The number of furan rings is 1. The van der Waals surface area contributed by atoms with Gasteiger partial charge in [-0.05, 0) is 44.0 Å². The van der Waals surface area contributed by atoms with Crippen molar-refractivity contribution in [1.29, 1.82) is 0 Å². The molecule has 1 aliphatic heterocycles. The van der Waals surface area contributed by atoms with E-state index in [2.05, 4.69) is 57.8 Å². The summed E-state index contributed by atoms with van der Waals surface area (Å²) >= 11 is 0. The number of hydrogen-bond donors (Lipinski definition) is 2. The maximum Gasteiger partial charge on any atom is 0.191 e. The molecule has 1 unspecified atom stereocenters. The number of guanidine groups is 1. The van der Waals surface area contributed by atoms with Crippen LogP contribution < -0.4 is 15.5 Å². The molecule has 1 aromatic carbocycles. The van der Waals surface area contributed by atoms with Gasteiger partial charge in [-0.15, -0.1) is 0 Å². The summed E-state index contributed by atoms with van der Waals surface area (Å²) in [6.07, 6.45) is 3.67. The van der Waals surface area contributed by atoms with Gasteiger partial charge in [-0.2, -0.15) is 0 Å². The summed E-state index contributed by atoms with van der Waals surface area (Å²) in [5.74, 6) is 1.75. The molecule has 3 rings (SSSR count). The minimum Gasteiger partial charge on any atom is -0.467 e. The fourth-order valence-electron chi connectivity index (χ4n) is 3.19. The van der Waals surface area contributed by atoms with Crippen LogP contribution in [0.5, 0.6) is 0 Å². The standard InChI is InChI=1S/C21H30N4O2/c1-2-22-21(23-12-7-14-26-17-20-10-6-15-27-20)24-18-11-13-25(16-18)19-8-4-3-5-9-19/h3-6,8-10,15,18H,2,7,11-14,16-17H2,1H3,(H2,22,23,24). The van der Waals surface area contributed by atoms with Gasteiger partial charge in [-0.3, -0.25) is 4.99 Å². The Hall–Kier alpha value is -2.47. The van der Waals surface area contributed by atoms with Crippen molar-refractivity contribution in [2.45, 2.75) is 32.4 Å². The molecule has 1 aliphatic rings. The van der Waals surface area contributed by atoms with E-state index in [1.165, 1.54) is 5.69 Å². The molecule has 1 fully saturated rings. The number of benzene rings is 1. The lowest BCUT2D eigenvalue weighted by Crippen LogP contribution is -2.44. The van der Waals surface area contributed by atoms with Gasteiger partial charge in [-0.1, -0.05) is 18.2 Å². The fraction of sp³-hybridized carbons (Fsp3) is 0.476. The van der Waals surface area contributed by atoms with E-state index in [1.54, 1.807) is 6.26 Å². The molecule has 0 spiro atoms. The topological polar surface area (TPSA) is 62.0 Å². The number of aliphatic imine (C=N–C) groups is 1. The Morgan fingerprint density at radius 1 is 1.26 bits per heavy atom. The highest BCUT2D eigenvalue weighted by Crippen LogP contribution is 2.19. The molecule has 0 amide bonds. The zero-order chi connectivity index (χ0) is 18.7. The highest BCUT2D eigenvalue weighted by atomic mass is 16.5. The minimum absolute atomic E-state index is 0.415. The van der Waals surface area contributed by atoms with E-state index in [-0.39, 0.29) is 0 Å². The third-order valence-corrected chi connectivity index (χ3v) is 4.54. The molecule has 0 radical (unpaired) electrons. The first-order valence-corrected chi connectivity index (χ1v) is 9.80. The Labute approximate surface area is 161 Å². The Balaban J connectivity index is 1.38. The Kier molecular flexibility index (Phi) is 7.59. The monoisotopic (exact) mass is 370 g/mol. The van der Waals surface area contributed by atoms with Crippen molar-refractivity contribution < 1.29 is 9.15 Å². The molecule has 27 heavy (non-hydrogen) atoms. The van der Waals surface area contributed by atoms with Crippen molar-refractivity contribution in [3.05, 3.63) is 54.5 Å². The lowest BCUT2D eigenvalue weighted by atomic mass is 10.3. The Bertz CT molecular complexity index is 673. The van der Waals surface area contributed by atoms with Crippen LogP contribution in [0.2, 0.25) is 0 Å². The van der Waals surface area contributed by atoms with Gasteiger partial charge in [0.1, 0.15) is 12.4 Å². The molecule has 146 valence electrons. The number of hydrogen-bond acceptors (Lipinski definition) is 4. The predicted octanol–water partition coefficient (Wildman–Crippen LogP) is 3.02. The van der Waals surface area contributed by atoms with Crippen LogP contribution in [0.25, 0.3) is 0 Å². The molecule has 2 aromatic rings. The van der Waals surface area contributed by atoms with Gasteiger partial charge in [0.15, 0.2) is 5.96 Å². The minimum atomic E-state index is 0.415. The average Bonchev–Trinajstić information content (AvgIpc) is 3.37. The molecule has 1 aromatic heterocycles. The van der Waals surface area contributed by atoms with Crippen LogP contribution >= 0.6 is 0 Å². The summed E-state index contributed by atoms with van der Waals surface area (Å²) in [5.41, 5.74) is 1.29. The van der Waals surface area contributed by atoms with Crippen LogP contribution in [-0.2, 0) is 11.3 Å². The van der Waals surface area contributed by atoms with E-state index in [9.17, 15) is 0 Å². The maximum atomic E-state index is 5.61. The van der Waals surface area contributed by atoms with Crippen molar-refractivity contribution in [3.8, 4) is 0 Å². The van der Waals surface area contributed by atoms with E-state index in [0.29, 0.717) is 19.3 Å². The lowest BCUT2D eigenvalue weighted by Gasteiger charge is -2.20. The number of nitrogens with one attached hydrogen (secondary N) is 2. The predicted molar refractivity (Wildman–Crippen MR) is 109 cm³/mol. The van der Waals surface area contributed by atoms with Crippen LogP contribution in [-0.4, -0.2) is 44.8 Å². The number of nitrogens with zero attached hydrogens (tertiary/aromatic N) is 2. The van der Waals surface area contributed by atoms with Gasteiger partial charge in [0.05, 0.1) is 6.26 Å². The normalized spacial score (nSPS) is 17.3. The second-order valence-corrected chi connectivity index (χ2v) is 6.66. The van der Waals surface area contributed by atoms with Crippen molar-refractivity contribution in [3.63, 3.8) is 0 Å². The molecule has 0 bridgehead atoms. The van der Waals surface area contributed by atoms with Crippen LogP contribution in [0.1, 0.15) is 25.5 Å². The second-order valence-electron chi connectivity index (χ2n) is 6.66. The van der Waals surface area contributed by atoms with Crippen molar-refractivity contribution >= 4 is 11.6 Å². The summed E-state index contributed by atoms with van der Waals surface area (Å²) in [6.45, 7) is 6.96. The Morgan fingerprint density at radius 2 is 2.15 bits per heavy atom. The lowest BCUT2D eigenvalue weighted by molar-refractivity contribution is 0.105. The van der Waals surface area contributed by atoms with Crippen LogP contribution in [0.4, 0.5) is 5.69 Å². The molecule has 0 aliphatic carbocycles. The van der Waals surface area contributed by atoms with E-state index < -0.39 is 0 Å². The van der Waals surface area contributed by atoms with E-state index in [4.69, 9.17) is 9.15 Å². The third kappa shape index (κ3) is 6.32. The molecule has 1 saturated heterocycles. The summed E-state index contributed by atoms with van der Waals surface area (Å²) in [5, 5.41) is 6.91. The molecule has 0 saturated carbocycles. The van der Waals surface area contributed by atoms with E-state index in [0.717, 1.165) is 50.7 Å². The van der Waals surface area contributed by atoms with Crippen molar-refractivity contribution in [2.75, 3.05) is 37.7 Å². The first-order valence-electron chi connectivity index (χ1n) is 9.80. The highest BCUT2D eigenvalue weighted by Gasteiger charge is 2.23. The van der Waals surface area contributed by atoms with Crippen LogP contribution in [0.15, 0.2) is 58.1 Å². The quantitative estimate of drug-likeness (QED) is 0.404. The summed E-state index contributed by atoms with van der Waals surface area (Å²) in [6, 6.07) is 14.8. The number of ether oxygens (including phenoxy) is 1. The molecule has 1 atom stereocenters. The van der Waals surface area contributed by atoms with E-state index >= 15 is 0 Å². The van der Waals surface area contributed by atoms with Gasteiger partial charge in [-0.25, -0.2) is 0 Å². The van der Waals surface area contributed by atoms with Crippen LogP contribution in [0, 0.1) is 0 Å². The number of rotatable bonds is 9. The first kappa shape index (κ1) is 19.3. The molecule has 6 heteroatoms. The SMILES string of the molecule is CCNC(=NCCCOCc1ccco1)NC1CCN(c2ccccc2)C1. The van der Waals surface area contributed by atoms with Crippen molar-refractivity contribution in [1.82, 2.24) is 10.6 Å². The van der Waals surface area contributed by atoms with Gasteiger partial charge in [0.2, 0.25) is 0 Å². The first-order chi connectivity index (χ1) is 13.3. The smallest absolute Gasteiger partial charge is 0.191 e. The van der Waals surface area contributed by atoms with Gasteiger partial charge < -0.3 is 24.7 Å². The maximum absolute atomic E-state index is 5.61. The summed E-state index contributed by atoms with van der Waals surface area (Å²) in [7, 11) is 0. The van der Waals surface area contributed by atoms with Gasteiger partial charge in [0.25, 0.3) is 0 Å².